The van der Waals surface area contributed by atoms with Gasteiger partial charge in [0.05, 0.1) is 13.2 Å². The minimum Gasteiger partial charge on any atom is -0.494 e. The number of aliphatic imine (C=N–C) groups is 1. The van der Waals surface area contributed by atoms with E-state index in [0.29, 0.717) is 25.2 Å². The lowest BCUT2D eigenvalue weighted by molar-refractivity contribution is 0.340. The number of hydrogen-bond acceptors (Lipinski definition) is 2. The highest BCUT2D eigenvalue weighted by atomic mass is 16.5. The third kappa shape index (κ3) is 3.98. The second kappa shape index (κ2) is 5.57. The summed E-state index contributed by atoms with van der Waals surface area (Å²) in [5, 5.41) is 3.16. The van der Waals surface area contributed by atoms with Crippen LogP contribution in [0.5, 0.6) is 5.75 Å². The van der Waals surface area contributed by atoms with Gasteiger partial charge in [0.2, 0.25) is 0 Å². The van der Waals surface area contributed by atoms with Gasteiger partial charge in [0.1, 0.15) is 5.75 Å². The smallest absolute Gasteiger partial charge is 0.189 e. The van der Waals surface area contributed by atoms with E-state index in [1.54, 1.807) is 0 Å². The number of nitrogens with two attached hydrogens (primary N) is 1. The Bertz CT molecular complexity index is 399. The number of ether oxygens (including phenoxy) is 1. The first kappa shape index (κ1) is 11.8. The number of nitrogens with one attached hydrogen (secondary N) is 1. The van der Waals surface area contributed by atoms with Crippen LogP contribution in [-0.2, 0) is 6.54 Å². The molecule has 17 heavy (non-hydrogen) atoms. The number of nitrogens with zero attached hydrogens (tertiary/aromatic N) is 1. The van der Waals surface area contributed by atoms with Gasteiger partial charge >= 0.3 is 0 Å². The van der Waals surface area contributed by atoms with Crippen LogP contribution in [0.3, 0.4) is 0 Å². The highest BCUT2D eigenvalue weighted by molar-refractivity contribution is 5.78. The van der Waals surface area contributed by atoms with E-state index in [9.17, 15) is 0 Å². The van der Waals surface area contributed by atoms with Crippen molar-refractivity contribution in [3.63, 3.8) is 0 Å². The van der Waals surface area contributed by atoms with Crippen LogP contribution >= 0.6 is 0 Å². The van der Waals surface area contributed by atoms with Crippen LogP contribution in [-0.4, -0.2) is 18.6 Å². The summed E-state index contributed by atoms with van der Waals surface area (Å²) in [6.07, 6.45) is 2.41. The van der Waals surface area contributed by atoms with Crippen molar-refractivity contribution in [2.75, 3.05) is 6.61 Å². The summed E-state index contributed by atoms with van der Waals surface area (Å²) >= 11 is 0. The Kier molecular flexibility index (Phi) is 3.85. The van der Waals surface area contributed by atoms with E-state index in [1.165, 1.54) is 12.8 Å². The SMILES string of the molecule is CCOc1cccc(CN=C(N)NC2CC2)c1. The zero-order chi connectivity index (χ0) is 12.1. The summed E-state index contributed by atoms with van der Waals surface area (Å²) in [6.45, 7) is 3.24. The van der Waals surface area contributed by atoms with Gasteiger partial charge in [0, 0.05) is 6.04 Å². The third-order valence-electron chi connectivity index (χ3n) is 2.57. The summed E-state index contributed by atoms with van der Waals surface area (Å²) in [4.78, 5) is 4.30. The van der Waals surface area contributed by atoms with Crippen LogP contribution in [0.25, 0.3) is 0 Å². The fourth-order valence-electron chi connectivity index (χ4n) is 1.56. The molecule has 1 aromatic carbocycles. The molecule has 0 saturated heterocycles. The lowest BCUT2D eigenvalue weighted by atomic mass is 10.2. The van der Waals surface area contributed by atoms with E-state index >= 15 is 0 Å². The Labute approximate surface area is 102 Å². The van der Waals surface area contributed by atoms with Crippen molar-refractivity contribution >= 4 is 5.96 Å². The van der Waals surface area contributed by atoms with E-state index in [0.717, 1.165) is 11.3 Å². The van der Waals surface area contributed by atoms with Crippen LogP contribution in [0.2, 0.25) is 0 Å². The van der Waals surface area contributed by atoms with E-state index in [2.05, 4.69) is 10.3 Å². The Hall–Kier alpha value is -1.71. The van der Waals surface area contributed by atoms with Gasteiger partial charge in [-0.2, -0.15) is 0 Å². The molecule has 0 bridgehead atoms. The van der Waals surface area contributed by atoms with Crippen LogP contribution in [0.4, 0.5) is 0 Å². The molecule has 1 aliphatic carbocycles. The molecular weight excluding hydrogens is 214 g/mol. The van der Waals surface area contributed by atoms with Gasteiger partial charge in [-0.1, -0.05) is 12.1 Å². The standard InChI is InChI=1S/C13H19N3O/c1-2-17-12-5-3-4-10(8-12)9-15-13(14)16-11-6-7-11/h3-5,8,11H,2,6-7,9H2,1H3,(H3,14,15,16). The molecule has 0 atom stereocenters. The van der Waals surface area contributed by atoms with Gasteiger partial charge in [0.25, 0.3) is 0 Å². The zero-order valence-electron chi connectivity index (χ0n) is 10.1. The molecule has 0 radical (unpaired) electrons. The highest BCUT2D eigenvalue weighted by Crippen LogP contribution is 2.18. The minimum atomic E-state index is 0.536. The molecule has 1 aromatic rings. The second-order valence-corrected chi connectivity index (χ2v) is 4.20. The van der Waals surface area contributed by atoms with Crippen molar-refractivity contribution in [2.24, 2.45) is 10.7 Å². The van der Waals surface area contributed by atoms with Crippen molar-refractivity contribution in [2.45, 2.75) is 32.4 Å². The van der Waals surface area contributed by atoms with E-state index in [-0.39, 0.29) is 0 Å². The van der Waals surface area contributed by atoms with Gasteiger partial charge in [-0.3, -0.25) is 0 Å². The summed E-state index contributed by atoms with van der Waals surface area (Å²) in [6, 6.07) is 8.49. The number of rotatable bonds is 5. The van der Waals surface area contributed by atoms with Crippen molar-refractivity contribution in [3.8, 4) is 5.75 Å². The van der Waals surface area contributed by atoms with Gasteiger partial charge in [-0.05, 0) is 37.5 Å². The van der Waals surface area contributed by atoms with Crippen molar-refractivity contribution in [1.29, 1.82) is 0 Å². The molecule has 0 aliphatic heterocycles. The Morgan fingerprint density at radius 2 is 2.35 bits per heavy atom. The fourth-order valence-corrected chi connectivity index (χ4v) is 1.56. The van der Waals surface area contributed by atoms with E-state index in [4.69, 9.17) is 10.5 Å². The lowest BCUT2D eigenvalue weighted by Gasteiger charge is -2.05. The lowest BCUT2D eigenvalue weighted by Crippen LogP contribution is -2.33. The molecule has 4 nitrogen and oxygen atoms in total. The molecule has 0 aromatic heterocycles. The zero-order valence-corrected chi connectivity index (χ0v) is 10.1. The summed E-state index contributed by atoms with van der Waals surface area (Å²) in [5.41, 5.74) is 6.87. The van der Waals surface area contributed by atoms with Gasteiger partial charge in [0.15, 0.2) is 5.96 Å². The molecule has 0 spiro atoms. The molecule has 0 amide bonds. The van der Waals surface area contributed by atoms with Gasteiger partial charge in [-0.15, -0.1) is 0 Å². The van der Waals surface area contributed by atoms with E-state index < -0.39 is 0 Å². The highest BCUT2D eigenvalue weighted by Gasteiger charge is 2.21. The first-order chi connectivity index (χ1) is 8.28. The number of hydrogen-bond donors (Lipinski definition) is 2. The Morgan fingerprint density at radius 1 is 1.53 bits per heavy atom. The molecule has 0 heterocycles. The first-order valence-corrected chi connectivity index (χ1v) is 6.06. The van der Waals surface area contributed by atoms with Crippen LogP contribution in [0.1, 0.15) is 25.3 Å². The van der Waals surface area contributed by atoms with Gasteiger partial charge in [-0.25, -0.2) is 4.99 Å². The predicted molar refractivity (Wildman–Crippen MR) is 69.1 cm³/mol. The minimum absolute atomic E-state index is 0.536. The van der Waals surface area contributed by atoms with E-state index in [1.807, 2.05) is 31.2 Å². The van der Waals surface area contributed by atoms with Gasteiger partial charge < -0.3 is 15.8 Å². The molecule has 1 fully saturated rings. The molecule has 1 saturated carbocycles. The molecule has 92 valence electrons. The maximum absolute atomic E-state index is 5.77. The normalized spacial score (nSPS) is 15.7. The molecule has 3 N–H and O–H groups in total. The Morgan fingerprint density at radius 3 is 3.06 bits per heavy atom. The monoisotopic (exact) mass is 233 g/mol. The average molecular weight is 233 g/mol. The largest absolute Gasteiger partial charge is 0.494 e. The Balaban J connectivity index is 1.90. The molecule has 2 rings (SSSR count). The maximum atomic E-state index is 5.77. The van der Waals surface area contributed by atoms with Crippen LogP contribution in [0, 0.1) is 0 Å². The maximum Gasteiger partial charge on any atom is 0.189 e. The molecular formula is C13H19N3O. The molecule has 4 heteroatoms. The average Bonchev–Trinajstić information content (AvgIpc) is 3.11. The van der Waals surface area contributed by atoms with Crippen LogP contribution < -0.4 is 15.8 Å². The fraction of sp³-hybridized carbons (Fsp3) is 0.462. The first-order valence-electron chi connectivity index (χ1n) is 6.06. The van der Waals surface area contributed by atoms with Crippen molar-refractivity contribution in [3.05, 3.63) is 29.8 Å². The third-order valence-corrected chi connectivity index (χ3v) is 2.57. The predicted octanol–water partition coefficient (Wildman–Crippen LogP) is 1.65. The number of benzene rings is 1. The summed E-state index contributed by atoms with van der Waals surface area (Å²) in [7, 11) is 0. The molecule has 1 aliphatic rings. The number of guanidine groups is 1. The summed E-state index contributed by atoms with van der Waals surface area (Å²) < 4.78 is 5.43. The second-order valence-electron chi connectivity index (χ2n) is 4.20. The topological polar surface area (TPSA) is 59.6 Å². The van der Waals surface area contributed by atoms with Crippen LogP contribution in [0.15, 0.2) is 29.3 Å². The molecule has 0 unspecified atom stereocenters. The summed E-state index contributed by atoms with van der Waals surface area (Å²) in [5.74, 6) is 1.42. The quantitative estimate of drug-likeness (QED) is 0.600. The van der Waals surface area contributed by atoms with Crippen molar-refractivity contribution < 1.29 is 4.74 Å². The van der Waals surface area contributed by atoms with Crippen molar-refractivity contribution in [1.82, 2.24) is 5.32 Å².